The number of hydrogen-bond donors (Lipinski definition) is 0. The zero-order valence-electron chi connectivity index (χ0n) is 16.5. The maximum Gasteiger partial charge on any atom is 0.269 e. The van der Waals surface area contributed by atoms with Crippen LogP contribution < -0.4 is 4.74 Å². The standard InChI is InChI=1S/C26H18N2O3/c29-28(30)21-15-9-18(10-16-21)17-27-20-13-11-19(12-14-20)26-22-5-1-3-7-24(22)31-25-8-4-2-6-23(25)26/h1-17,26H. The molecule has 5 heteroatoms. The zero-order chi connectivity index (χ0) is 21.2. The summed E-state index contributed by atoms with van der Waals surface area (Å²) < 4.78 is 6.10. The molecule has 0 aliphatic carbocycles. The van der Waals surface area contributed by atoms with E-state index in [2.05, 4.69) is 29.3 Å². The summed E-state index contributed by atoms with van der Waals surface area (Å²) in [5.74, 6) is 1.85. The highest BCUT2D eigenvalue weighted by Gasteiger charge is 2.27. The van der Waals surface area contributed by atoms with Gasteiger partial charge in [0.15, 0.2) is 0 Å². The summed E-state index contributed by atoms with van der Waals surface area (Å²) in [5, 5.41) is 10.8. The van der Waals surface area contributed by atoms with Crippen molar-refractivity contribution in [2.75, 3.05) is 0 Å². The summed E-state index contributed by atoms with van der Waals surface area (Å²) in [6, 6.07) is 30.7. The van der Waals surface area contributed by atoms with Gasteiger partial charge in [-0.2, -0.15) is 0 Å². The van der Waals surface area contributed by atoms with E-state index in [1.165, 1.54) is 12.1 Å². The normalized spacial score (nSPS) is 12.8. The largest absolute Gasteiger partial charge is 0.457 e. The summed E-state index contributed by atoms with van der Waals surface area (Å²) in [5.41, 5.74) is 5.14. The molecule has 0 atom stereocenters. The molecule has 0 N–H and O–H groups in total. The molecule has 0 saturated carbocycles. The van der Waals surface area contributed by atoms with Crippen LogP contribution in [0, 0.1) is 10.1 Å². The number of hydrogen-bond acceptors (Lipinski definition) is 4. The van der Waals surface area contributed by atoms with Gasteiger partial charge < -0.3 is 4.74 Å². The van der Waals surface area contributed by atoms with Gasteiger partial charge in [0.2, 0.25) is 0 Å². The SMILES string of the molecule is O=[N+]([O-])c1ccc(C=Nc2ccc(C3c4ccccc4Oc4ccccc43)cc2)cc1. The van der Waals surface area contributed by atoms with Crippen molar-refractivity contribution < 1.29 is 9.66 Å². The van der Waals surface area contributed by atoms with E-state index < -0.39 is 4.92 Å². The topological polar surface area (TPSA) is 64.7 Å². The molecule has 0 amide bonds. The highest BCUT2D eigenvalue weighted by molar-refractivity contribution is 5.82. The minimum atomic E-state index is -0.410. The Hall–Kier alpha value is -4.25. The van der Waals surface area contributed by atoms with Crippen LogP contribution in [-0.4, -0.2) is 11.1 Å². The molecule has 1 heterocycles. The third kappa shape index (κ3) is 3.69. The van der Waals surface area contributed by atoms with Gasteiger partial charge in [0.05, 0.1) is 10.6 Å². The van der Waals surface area contributed by atoms with Crippen LogP contribution in [0.1, 0.15) is 28.2 Å². The quantitative estimate of drug-likeness (QED) is 0.191. The van der Waals surface area contributed by atoms with Crippen LogP contribution in [0.15, 0.2) is 102 Å². The van der Waals surface area contributed by atoms with Gasteiger partial charge in [-0.25, -0.2) is 0 Å². The minimum absolute atomic E-state index is 0.0681. The Bertz CT molecular complexity index is 1230. The molecule has 4 aromatic rings. The van der Waals surface area contributed by atoms with Gasteiger partial charge in [-0.1, -0.05) is 48.5 Å². The van der Waals surface area contributed by atoms with Gasteiger partial charge in [0.25, 0.3) is 5.69 Å². The number of non-ortho nitro benzene ring substituents is 1. The lowest BCUT2D eigenvalue weighted by atomic mass is 9.83. The molecule has 0 radical (unpaired) electrons. The number of para-hydroxylation sites is 2. The van der Waals surface area contributed by atoms with Crippen LogP contribution in [0.2, 0.25) is 0 Å². The molecule has 5 nitrogen and oxygen atoms in total. The Labute approximate surface area is 179 Å². The first kappa shape index (κ1) is 18.8. The van der Waals surface area contributed by atoms with E-state index in [1.807, 2.05) is 48.5 Å². The molecule has 1 aliphatic rings. The molecule has 0 spiro atoms. The number of rotatable bonds is 4. The number of nitro groups is 1. The third-order valence-corrected chi connectivity index (χ3v) is 5.37. The molecule has 31 heavy (non-hydrogen) atoms. The van der Waals surface area contributed by atoms with Crippen molar-refractivity contribution in [2.24, 2.45) is 4.99 Å². The average molecular weight is 406 g/mol. The van der Waals surface area contributed by atoms with Crippen LogP contribution in [0.4, 0.5) is 11.4 Å². The van der Waals surface area contributed by atoms with E-state index in [0.717, 1.165) is 39.4 Å². The highest BCUT2D eigenvalue weighted by atomic mass is 16.6. The third-order valence-electron chi connectivity index (χ3n) is 5.37. The average Bonchev–Trinajstić information content (AvgIpc) is 2.82. The maximum absolute atomic E-state index is 10.8. The van der Waals surface area contributed by atoms with Gasteiger partial charge in [0.1, 0.15) is 11.5 Å². The maximum atomic E-state index is 10.8. The summed E-state index contributed by atoms with van der Waals surface area (Å²) >= 11 is 0. The van der Waals surface area contributed by atoms with Gasteiger partial charge in [-0.05, 0) is 47.5 Å². The fraction of sp³-hybridized carbons (Fsp3) is 0.0385. The minimum Gasteiger partial charge on any atom is -0.457 e. The van der Waals surface area contributed by atoms with Crippen molar-refractivity contribution in [1.82, 2.24) is 0 Å². The number of aliphatic imine (C=N–C) groups is 1. The van der Waals surface area contributed by atoms with E-state index in [4.69, 9.17) is 4.74 Å². The summed E-state index contributed by atoms with van der Waals surface area (Å²) in [6.07, 6.45) is 1.71. The van der Waals surface area contributed by atoms with Crippen LogP contribution in [0.25, 0.3) is 0 Å². The van der Waals surface area contributed by atoms with Gasteiger partial charge >= 0.3 is 0 Å². The first-order valence-corrected chi connectivity index (χ1v) is 9.93. The lowest BCUT2D eigenvalue weighted by Gasteiger charge is -2.28. The van der Waals surface area contributed by atoms with Crippen molar-refractivity contribution in [1.29, 1.82) is 0 Å². The van der Waals surface area contributed by atoms with E-state index >= 15 is 0 Å². The van der Waals surface area contributed by atoms with Gasteiger partial charge in [0, 0.05) is 35.4 Å². The molecule has 0 bridgehead atoms. The van der Waals surface area contributed by atoms with E-state index in [0.29, 0.717) is 0 Å². The summed E-state index contributed by atoms with van der Waals surface area (Å²) in [4.78, 5) is 14.9. The smallest absolute Gasteiger partial charge is 0.269 e. The molecule has 5 rings (SSSR count). The van der Waals surface area contributed by atoms with Crippen molar-refractivity contribution in [3.63, 3.8) is 0 Å². The zero-order valence-corrected chi connectivity index (χ0v) is 16.5. The van der Waals surface area contributed by atoms with Gasteiger partial charge in [-0.15, -0.1) is 0 Å². The van der Waals surface area contributed by atoms with Crippen molar-refractivity contribution in [3.8, 4) is 11.5 Å². The predicted molar refractivity (Wildman–Crippen MR) is 121 cm³/mol. The Morgan fingerprint density at radius 2 is 1.35 bits per heavy atom. The second-order valence-corrected chi connectivity index (χ2v) is 7.31. The highest BCUT2D eigenvalue weighted by Crippen LogP contribution is 2.47. The lowest BCUT2D eigenvalue weighted by molar-refractivity contribution is -0.384. The Kier molecular flexibility index (Phi) is 4.77. The Morgan fingerprint density at radius 3 is 1.94 bits per heavy atom. The first-order chi connectivity index (χ1) is 15.2. The van der Waals surface area contributed by atoms with E-state index in [-0.39, 0.29) is 11.6 Å². The number of benzene rings is 4. The van der Waals surface area contributed by atoms with Crippen LogP contribution >= 0.6 is 0 Å². The molecule has 0 saturated heterocycles. The number of nitro benzene ring substituents is 1. The van der Waals surface area contributed by atoms with Crippen molar-refractivity contribution in [3.05, 3.63) is 129 Å². The summed E-state index contributed by atoms with van der Waals surface area (Å²) in [6.45, 7) is 0. The number of ether oxygens (including phenoxy) is 1. The first-order valence-electron chi connectivity index (χ1n) is 9.93. The van der Waals surface area contributed by atoms with E-state index in [1.54, 1.807) is 18.3 Å². The lowest BCUT2D eigenvalue weighted by Crippen LogP contribution is -2.11. The fourth-order valence-corrected chi connectivity index (χ4v) is 3.85. The van der Waals surface area contributed by atoms with Crippen LogP contribution in [-0.2, 0) is 0 Å². The second kappa shape index (κ2) is 7.88. The monoisotopic (exact) mass is 406 g/mol. The molecule has 0 unspecified atom stereocenters. The molecular weight excluding hydrogens is 388 g/mol. The number of nitrogens with zero attached hydrogens (tertiary/aromatic N) is 2. The predicted octanol–water partition coefficient (Wildman–Crippen LogP) is 6.63. The molecule has 0 fully saturated rings. The van der Waals surface area contributed by atoms with Crippen molar-refractivity contribution >= 4 is 17.6 Å². The molecule has 150 valence electrons. The number of fused-ring (bicyclic) bond motifs is 2. The van der Waals surface area contributed by atoms with Crippen LogP contribution in [0.3, 0.4) is 0 Å². The van der Waals surface area contributed by atoms with Crippen molar-refractivity contribution in [2.45, 2.75) is 5.92 Å². The molecular formula is C26H18N2O3. The second-order valence-electron chi connectivity index (χ2n) is 7.31. The molecule has 4 aromatic carbocycles. The summed E-state index contributed by atoms with van der Waals surface area (Å²) in [7, 11) is 0. The molecule has 1 aliphatic heterocycles. The fourth-order valence-electron chi connectivity index (χ4n) is 3.85. The van der Waals surface area contributed by atoms with Crippen LogP contribution in [0.5, 0.6) is 11.5 Å². The van der Waals surface area contributed by atoms with E-state index in [9.17, 15) is 10.1 Å². The molecule has 0 aromatic heterocycles. The Morgan fingerprint density at radius 1 is 0.774 bits per heavy atom. The Balaban J connectivity index is 1.44. The van der Waals surface area contributed by atoms with Gasteiger partial charge in [-0.3, -0.25) is 15.1 Å².